The number of fused-ring (bicyclic) bond motifs is 1. The average molecular weight is 336 g/mol. The van der Waals surface area contributed by atoms with Gasteiger partial charge < -0.3 is 10.5 Å². The van der Waals surface area contributed by atoms with Crippen molar-refractivity contribution >= 4 is 43.4 Å². The molecule has 0 atom stereocenters. The van der Waals surface area contributed by atoms with Crippen molar-refractivity contribution in [3.05, 3.63) is 39.7 Å². The van der Waals surface area contributed by atoms with Crippen molar-refractivity contribution < 1.29 is 4.74 Å². The molecule has 4 nitrogen and oxygen atoms in total. The highest BCUT2D eigenvalue weighted by atomic mass is 79.9. The zero-order valence-electron chi connectivity index (χ0n) is 10.1. The van der Waals surface area contributed by atoms with Gasteiger partial charge in [-0.25, -0.2) is 4.98 Å². The van der Waals surface area contributed by atoms with Gasteiger partial charge in [0, 0.05) is 0 Å². The van der Waals surface area contributed by atoms with Crippen molar-refractivity contribution in [1.82, 2.24) is 9.97 Å². The second-order valence-electron chi connectivity index (χ2n) is 4.06. The van der Waals surface area contributed by atoms with Crippen LogP contribution < -0.4 is 10.5 Å². The first-order valence-electron chi connectivity index (χ1n) is 5.58. The highest BCUT2D eigenvalue weighted by Gasteiger charge is 2.11. The van der Waals surface area contributed by atoms with Crippen LogP contribution in [0.4, 0.5) is 5.95 Å². The number of nitrogens with two attached hydrogens (primary N) is 1. The number of anilines is 1. The number of thiophene rings is 1. The van der Waals surface area contributed by atoms with E-state index in [-0.39, 0.29) is 5.95 Å². The Kier molecular flexibility index (Phi) is 3.12. The summed E-state index contributed by atoms with van der Waals surface area (Å²) in [5, 5.41) is 2.81. The fraction of sp³-hybridized carbons (Fsp3) is 0.0769. The highest BCUT2D eigenvalue weighted by molar-refractivity contribution is 9.10. The minimum absolute atomic E-state index is 0.216. The lowest BCUT2D eigenvalue weighted by atomic mass is 10.2. The van der Waals surface area contributed by atoms with Crippen LogP contribution in [0.25, 0.3) is 10.2 Å². The van der Waals surface area contributed by atoms with E-state index in [0.29, 0.717) is 11.6 Å². The summed E-state index contributed by atoms with van der Waals surface area (Å²) in [5.74, 6) is 1.40. The van der Waals surface area contributed by atoms with E-state index in [1.165, 1.54) is 11.3 Å². The van der Waals surface area contributed by atoms with E-state index in [0.717, 1.165) is 20.3 Å². The quantitative estimate of drug-likeness (QED) is 0.764. The molecule has 6 heteroatoms. The summed E-state index contributed by atoms with van der Waals surface area (Å²) in [4.78, 5) is 9.16. The van der Waals surface area contributed by atoms with Crippen LogP contribution in [0.3, 0.4) is 0 Å². The molecule has 3 rings (SSSR count). The molecule has 0 saturated carbocycles. The molecule has 0 aliphatic carbocycles. The molecule has 0 radical (unpaired) electrons. The minimum Gasteiger partial charge on any atom is -0.437 e. The molecule has 3 aromatic rings. The molecule has 2 N–H and O–H groups in total. The van der Waals surface area contributed by atoms with Gasteiger partial charge >= 0.3 is 0 Å². The Labute approximate surface area is 122 Å². The molecule has 2 heterocycles. The van der Waals surface area contributed by atoms with E-state index in [1.54, 1.807) is 0 Å². The molecule has 0 fully saturated rings. The Hall–Kier alpha value is -1.66. The Balaban J connectivity index is 2.07. The number of nitrogen functional groups attached to an aromatic ring is 1. The van der Waals surface area contributed by atoms with Crippen LogP contribution in [0, 0.1) is 6.92 Å². The van der Waals surface area contributed by atoms with Crippen molar-refractivity contribution in [2.75, 3.05) is 5.73 Å². The molecule has 96 valence electrons. The lowest BCUT2D eigenvalue weighted by Gasteiger charge is -2.08. The van der Waals surface area contributed by atoms with Gasteiger partial charge in [0.25, 0.3) is 0 Å². The van der Waals surface area contributed by atoms with Gasteiger partial charge in [0.15, 0.2) is 0 Å². The van der Waals surface area contributed by atoms with Crippen molar-refractivity contribution in [2.45, 2.75) is 6.92 Å². The van der Waals surface area contributed by atoms with Gasteiger partial charge in [-0.2, -0.15) is 4.98 Å². The Morgan fingerprint density at radius 3 is 2.89 bits per heavy atom. The SMILES string of the molecule is Cc1ccc(Oc2nc(N)nc3sccc23)c(Br)c1. The second kappa shape index (κ2) is 4.79. The molecular formula is C13H10BrN3OS. The van der Waals surface area contributed by atoms with E-state index in [2.05, 4.69) is 25.9 Å². The number of aromatic nitrogens is 2. The second-order valence-corrected chi connectivity index (χ2v) is 5.81. The fourth-order valence-electron chi connectivity index (χ4n) is 1.71. The number of ether oxygens (including phenoxy) is 1. The van der Waals surface area contributed by atoms with Crippen molar-refractivity contribution in [2.24, 2.45) is 0 Å². The van der Waals surface area contributed by atoms with E-state index >= 15 is 0 Å². The van der Waals surface area contributed by atoms with Gasteiger partial charge in [-0.15, -0.1) is 11.3 Å². The monoisotopic (exact) mass is 335 g/mol. The van der Waals surface area contributed by atoms with Gasteiger partial charge in [-0.05, 0) is 52.0 Å². The molecule has 0 saturated heterocycles. The lowest BCUT2D eigenvalue weighted by molar-refractivity contribution is 0.466. The first-order valence-corrected chi connectivity index (χ1v) is 7.25. The Morgan fingerprint density at radius 1 is 1.26 bits per heavy atom. The van der Waals surface area contributed by atoms with Gasteiger partial charge in [-0.3, -0.25) is 0 Å². The van der Waals surface area contributed by atoms with E-state index in [1.807, 2.05) is 36.6 Å². The third-order valence-corrected chi connectivity index (χ3v) is 4.03. The third-order valence-electron chi connectivity index (χ3n) is 2.60. The number of benzene rings is 1. The van der Waals surface area contributed by atoms with Crippen molar-refractivity contribution in [3.8, 4) is 11.6 Å². The van der Waals surface area contributed by atoms with Gasteiger partial charge in [-0.1, -0.05) is 6.07 Å². The third kappa shape index (κ3) is 2.41. The molecule has 0 aliphatic rings. The van der Waals surface area contributed by atoms with Gasteiger partial charge in [0.2, 0.25) is 11.8 Å². The number of aryl methyl sites for hydroxylation is 1. The molecule has 0 spiro atoms. The molecule has 1 aromatic carbocycles. The number of nitrogens with zero attached hydrogens (tertiary/aromatic N) is 2. The largest absolute Gasteiger partial charge is 0.437 e. The van der Waals surface area contributed by atoms with Crippen LogP contribution in [0.5, 0.6) is 11.6 Å². The van der Waals surface area contributed by atoms with Gasteiger partial charge in [0.05, 0.1) is 9.86 Å². The maximum atomic E-state index is 5.85. The Morgan fingerprint density at radius 2 is 2.11 bits per heavy atom. The van der Waals surface area contributed by atoms with Crippen LogP contribution in [-0.2, 0) is 0 Å². The molecule has 0 amide bonds. The van der Waals surface area contributed by atoms with Crippen LogP contribution in [0.1, 0.15) is 5.56 Å². The predicted octanol–water partition coefficient (Wildman–Crippen LogP) is 4.14. The number of rotatable bonds is 2. The number of halogens is 1. The molecule has 19 heavy (non-hydrogen) atoms. The maximum absolute atomic E-state index is 5.85. The van der Waals surface area contributed by atoms with Crippen LogP contribution in [-0.4, -0.2) is 9.97 Å². The van der Waals surface area contributed by atoms with Crippen LogP contribution in [0.15, 0.2) is 34.1 Å². The number of hydrogen-bond donors (Lipinski definition) is 1. The van der Waals surface area contributed by atoms with Crippen LogP contribution >= 0.6 is 27.3 Å². The average Bonchev–Trinajstić information content (AvgIpc) is 2.80. The maximum Gasteiger partial charge on any atom is 0.232 e. The van der Waals surface area contributed by atoms with E-state index < -0.39 is 0 Å². The zero-order chi connectivity index (χ0) is 13.4. The standard InChI is InChI=1S/C13H10BrN3OS/c1-7-2-3-10(9(14)6-7)18-11-8-4-5-19-12(8)17-13(15)16-11/h2-6H,1H3,(H2,15,16,17). The summed E-state index contributed by atoms with van der Waals surface area (Å²) in [6.45, 7) is 2.02. The zero-order valence-corrected chi connectivity index (χ0v) is 12.5. The normalized spacial score (nSPS) is 10.8. The van der Waals surface area contributed by atoms with E-state index in [4.69, 9.17) is 10.5 Å². The summed E-state index contributed by atoms with van der Waals surface area (Å²) in [6.07, 6.45) is 0. The molecule has 2 aromatic heterocycles. The smallest absolute Gasteiger partial charge is 0.232 e. The molecule has 0 aliphatic heterocycles. The minimum atomic E-state index is 0.216. The Bertz CT molecular complexity index is 757. The number of hydrogen-bond acceptors (Lipinski definition) is 5. The van der Waals surface area contributed by atoms with Crippen molar-refractivity contribution in [3.63, 3.8) is 0 Å². The predicted molar refractivity (Wildman–Crippen MR) is 80.8 cm³/mol. The molecule has 0 unspecified atom stereocenters. The summed E-state index contributed by atoms with van der Waals surface area (Å²) in [7, 11) is 0. The topological polar surface area (TPSA) is 61.0 Å². The first-order chi connectivity index (χ1) is 9.13. The van der Waals surface area contributed by atoms with Crippen molar-refractivity contribution in [1.29, 1.82) is 0 Å². The van der Waals surface area contributed by atoms with Gasteiger partial charge in [0.1, 0.15) is 10.6 Å². The molecular weight excluding hydrogens is 326 g/mol. The first kappa shape index (κ1) is 12.4. The van der Waals surface area contributed by atoms with Crippen LogP contribution in [0.2, 0.25) is 0 Å². The lowest BCUT2D eigenvalue weighted by Crippen LogP contribution is -1.97. The fourth-order valence-corrected chi connectivity index (χ4v) is 3.05. The summed E-state index contributed by atoms with van der Waals surface area (Å²) in [6, 6.07) is 7.80. The van der Waals surface area contributed by atoms with E-state index in [9.17, 15) is 0 Å². The summed E-state index contributed by atoms with van der Waals surface area (Å²) >= 11 is 4.99. The summed E-state index contributed by atoms with van der Waals surface area (Å²) < 4.78 is 6.73. The molecule has 0 bridgehead atoms. The highest BCUT2D eigenvalue weighted by Crippen LogP contribution is 2.34. The summed E-state index contributed by atoms with van der Waals surface area (Å²) in [5.41, 5.74) is 6.85.